The van der Waals surface area contributed by atoms with E-state index in [1.54, 1.807) is 6.20 Å². The molecule has 1 amide bonds. The Morgan fingerprint density at radius 3 is 2.59 bits per heavy atom. The number of rotatable bonds is 3. The van der Waals surface area contributed by atoms with E-state index in [9.17, 15) is 4.79 Å². The van der Waals surface area contributed by atoms with E-state index in [1.807, 2.05) is 4.68 Å². The average molecular weight is 236 g/mol. The zero-order valence-electron chi connectivity index (χ0n) is 10.2. The monoisotopic (exact) mass is 236 g/mol. The van der Waals surface area contributed by atoms with Crippen LogP contribution in [0, 0.1) is 5.92 Å². The molecule has 4 N–H and O–H groups in total. The van der Waals surface area contributed by atoms with Gasteiger partial charge in [0.1, 0.15) is 0 Å². The number of nitrogens with two attached hydrogens (primary N) is 2. The first-order valence-electron chi connectivity index (χ1n) is 6.26. The van der Waals surface area contributed by atoms with Gasteiger partial charge in [-0.25, -0.2) is 0 Å². The van der Waals surface area contributed by atoms with Crippen molar-refractivity contribution in [3.8, 4) is 0 Å². The number of nitrogen functional groups attached to an aromatic ring is 1. The van der Waals surface area contributed by atoms with Crippen molar-refractivity contribution >= 4 is 11.6 Å². The summed E-state index contributed by atoms with van der Waals surface area (Å²) >= 11 is 0. The van der Waals surface area contributed by atoms with E-state index in [-0.39, 0.29) is 5.69 Å². The minimum Gasteiger partial charge on any atom is -0.396 e. The summed E-state index contributed by atoms with van der Waals surface area (Å²) in [6, 6.07) is 0.369. The van der Waals surface area contributed by atoms with Crippen LogP contribution in [0.3, 0.4) is 0 Å². The normalized spacial score (nSPS) is 24.8. The fraction of sp³-hybridized carbons (Fsp3) is 0.667. The van der Waals surface area contributed by atoms with Crippen molar-refractivity contribution < 1.29 is 4.79 Å². The van der Waals surface area contributed by atoms with Gasteiger partial charge in [-0.05, 0) is 31.6 Å². The molecule has 94 valence electrons. The summed E-state index contributed by atoms with van der Waals surface area (Å²) in [7, 11) is 0. The molecule has 1 aliphatic carbocycles. The SMILES string of the molecule is CCC1CCC(n2cc(N)c(C(N)=O)n2)CC1. The highest BCUT2D eigenvalue weighted by Crippen LogP contribution is 2.33. The van der Waals surface area contributed by atoms with Crippen molar-refractivity contribution in [2.45, 2.75) is 45.1 Å². The molecule has 1 heterocycles. The number of carbonyl (C=O) groups is 1. The standard InChI is InChI=1S/C12H20N4O/c1-2-8-3-5-9(6-4-8)16-7-10(13)11(15-16)12(14)17/h7-9H,2-6,13H2,1H3,(H2,14,17). The molecule has 17 heavy (non-hydrogen) atoms. The Morgan fingerprint density at radius 2 is 2.12 bits per heavy atom. The predicted octanol–water partition coefficient (Wildman–Crippen LogP) is 1.71. The van der Waals surface area contributed by atoms with Crippen molar-refractivity contribution in [1.29, 1.82) is 0 Å². The lowest BCUT2D eigenvalue weighted by atomic mass is 9.85. The van der Waals surface area contributed by atoms with Crippen LogP contribution in [0.15, 0.2) is 6.20 Å². The second-order valence-corrected chi connectivity index (χ2v) is 4.86. The molecule has 0 saturated heterocycles. The van der Waals surface area contributed by atoms with Gasteiger partial charge in [-0.3, -0.25) is 9.48 Å². The van der Waals surface area contributed by atoms with E-state index >= 15 is 0 Å². The minimum absolute atomic E-state index is 0.197. The van der Waals surface area contributed by atoms with Gasteiger partial charge in [0.2, 0.25) is 0 Å². The zero-order valence-corrected chi connectivity index (χ0v) is 10.2. The van der Waals surface area contributed by atoms with Gasteiger partial charge in [0.05, 0.1) is 11.7 Å². The number of anilines is 1. The van der Waals surface area contributed by atoms with Crippen LogP contribution in [0.25, 0.3) is 0 Å². The van der Waals surface area contributed by atoms with Crippen LogP contribution < -0.4 is 11.5 Å². The molecule has 5 nitrogen and oxygen atoms in total. The fourth-order valence-corrected chi connectivity index (χ4v) is 2.60. The van der Waals surface area contributed by atoms with Crippen LogP contribution in [-0.4, -0.2) is 15.7 Å². The zero-order chi connectivity index (χ0) is 12.4. The van der Waals surface area contributed by atoms with Crippen molar-refractivity contribution in [3.63, 3.8) is 0 Å². The average Bonchev–Trinajstić information content (AvgIpc) is 2.71. The molecule has 2 rings (SSSR count). The molecular weight excluding hydrogens is 216 g/mol. The lowest BCUT2D eigenvalue weighted by molar-refractivity contribution is 0.0994. The Balaban J connectivity index is 2.08. The highest BCUT2D eigenvalue weighted by molar-refractivity contribution is 5.95. The lowest BCUT2D eigenvalue weighted by Crippen LogP contribution is -2.19. The maximum Gasteiger partial charge on any atom is 0.271 e. The third kappa shape index (κ3) is 2.43. The maximum atomic E-state index is 11.1. The Morgan fingerprint density at radius 1 is 1.47 bits per heavy atom. The number of primary amides is 1. The summed E-state index contributed by atoms with van der Waals surface area (Å²) < 4.78 is 1.82. The van der Waals surface area contributed by atoms with E-state index in [4.69, 9.17) is 11.5 Å². The van der Waals surface area contributed by atoms with Crippen LogP contribution in [0.4, 0.5) is 5.69 Å². The van der Waals surface area contributed by atoms with E-state index in [0.29, 0.717) is 11.7 Å². The van der Waals surface area contributed by atoms with Gasteiger partial charge in [0.25, 0.3) is 5.91 Å². The van der Waals surface area contributed by atoms with E-state index in [0.717, 1.165) is 18.8 Å². The number of nitrogens with zero attached hydrogens (tertiary/aromatic N) is 2. The molecule has 0 bridgehead atoms. The van der Waals surface area contributed by atoms with E-state index < -0.39 is 5.91 Å². The van der Waals surface area contributed by atoms with E-state index in [2.05, 4.69) is 12.0 Å². The Labute approximate surface area is 101 Å². The van der Waals surface area contributed by atoms with Crippen molar-refractivity contribution in [3.05, 3.63) is 11.9 Å². The molecule has 5 heteroatoms. The van der Waals surface area contributed by atoms with Gasteiger partial charge < -0.3 is 11.5 Å². The smallest absolute Gasteiger partial charge is 0.271 e. The van der Waals surface area contributed by atoms with Gasteiger partial charge in [-0.1, -0.05) is 13.3 Å². The number of hydrogen-bond donors (Lipinski definition) is 2. The highest BCUT2D eigenvalue weighted by Gasteiger charge is 2.23. The van der Waals surface area contributed by atoms with Crippen LogP contribution >= 0.6 is 0 Å². The molecule has 1 aromatic rings. The first-order chi connectivity index (χ1) is 8.11. The van der Waals surface area contributed by atoms with Crippen molar-refractivity contribution in [2.24, 2.45) is 11.7 Å². The van der Waals surface area contributed by atoms with E-state index in [1.165, 1.54) is 19.3 Å². The highest BCUT2D eigenvalue weighted by atomic mass is 16.1. The largest absolute Gasteiger partial charge is 0.396 e. The number of amides is 1. The van der Waals surface area contributed by atoms with Gasteiger partial charge >= 0.3 is 0 Å². The van der Waals surface area contributed by atoms with Crippen molar-refractivity contribution in [1.82, 2.24) is 9.78 Å². The summed E-state index contributed by atoms with van der Waals surface area (Å²) in [5.74, 6) is 0.290. The van der Waals surface area contributed by atoms with Crippen LogP contribution in [0.5, 0.6) is 0 Å². The second-order valence-electron chi connectivity index (χ2n) is 4.86. The second kappa shape index (κ2) is 4.77. The third-order valence-electron chi connectivity index (χ3n) is 3.76. The Kier molecular flexibility index (Phi) is 3.36. The molecule has 1 aromatic heterocycles. The van der Waals surface area contributed by atoms with Gasteiger partial charge in [-0.2, -0.15) is 5.10 Å². The van der Waals surface area contributed by atoms with Crippen LogP contribution in [0.2, 0.25) is 0 Å². The fourth-order valence-electron chi connectivity index (χ4n) is 2.60. The van der Waals surface area contributed by atoms with Crippen LogP contribution in [0.1, 0.15) is 55.6 Å². The summed E-state index contributed by atoms with van der Waals surface area (Å²) in [5, 5.41) is 4.20. The van der Waals surface area contributed by atoms with Gasteiger partial charge in [0.15, 0.2) is 5.69 Å². The number of carbonyl (C=O) groups excluding carboxylic acids is 1. The van der Waals surface area contributed by atoms with Gasteiger partial charge in [0, 0.05) is 6.20 Å². The molecule has 0 spiro atoms. The molecular formula is C12H20N4O. The third-order valence-corrected chi connectivity index (χ3v) is 3.76. The summed E-state index contributed by atoms with van der Waals surface area (Å²) in [6.07, 6.45) is 7.66. The molecule has 1 aliphatic rings. The predicted molar refractivity (Wildman–Crippen MR) is 66.4 cm³/mol. The first-order valence-corrected chi connectivity index (χ1v) is 6.26. The Hall–Kier alpha value is -1.52. The molecule has 0 radical (unpaired) electrons. The number of aromatic nitrogens is 2. The number of hydrogen-bond acceptors (Lipinski definition) is 3. The first kappa shape index (κ1) is 12.0. The van der Waals surface area contributed by atoms with Gasteiger partial charge in [-0.15, -0.1) is 0 Å². The molecule has 0 unspecified atom stereocenters. The summed E-state index contributed by atoms with van der Waals surface area (Å²) in [6.45, 7) is 2.24. The van der Waals surface area contributed by atoms with Crippen molar-refractivity contribution in [2.75, 3.05) is 5.73 Å². The topological polar surface area (TPSA) is 86.9 Å². The van der Waals surface area contributed by atoms with Crippen LogP contribution in [-0.2, 0) is 0 Å². The lowest BCUT2D eigenvalue weighted by Gasteiger charge is -2.27. The summed E-state index contributed by atoms with van der Waals surface area (Å²) in [4.78, 5) is 11.1. The molecule has 0 aliphatic heterocycles. The molecule has 1 fully saturated rings. The molecule has 1 saturated carbocycles. The quantitative estimate of drug-likeness (QED) is 0.837. The summed E-state index contributed by atoms with van der Waals surface area (Å²) in [5.41, 5.74) is 11.5. The minimum atomic E-state index is -0.552. The molecule has 0 atom stereocenters. The Bertz CT molecular complexity index is 405. The maximum absolute atomic E-state index is 11.1. The molecule has 0 aromatic carbocycles.